The highest BCUT2D eigenvalue weighted by atomic mass is 35.5. The van der Waals surface area contributed by atoms with Gasteiger partial charge in [-0.25, -0.2) is 4.98 Å². The van der Waals surface area contributed by atoms with Crippen molar-refractivity contribution in [3.63, 3.8) is 0 Å². The number of aromatic nitrogens is 2. The van der Waals surface area contributed by atoms with Gasteiger partial charge >= 0.3 is 0 Å². The third kappa shape index (κ3) is 6.42. The second-order valence-electron chi connectivity index (χ2n) is 7.86. The largest absolute Gasteiger partial charge is 0.461 e. The first-order valence-corrected chi connectivity index (χ1v) is 10.8. The summed E-state index contributed by atoms with van der Waals surface area (Å²) < 4.78 is 5.83. The summed E-state index contributed by atoms with van der Waals surface area (Å²) in [6.45, 7) is 5.39. The molecule has 2 aromatic heterocycles. The number of hydrogen-bond donors (Lipinski definition) is 1. The Morgan fingerprint density at radius 1 is 1.06 bits per heavy atom. The number of ether oxygens (including phenoxy) is 1. The molecule has 3 aromatic rings. The van der Waals surface area contributed by atoms with Crippen molar-refractivity contribution in [2.75, 3.05) is 0 Å². The summed E-state index contributed by atoms with van der Waals surface area (Å²) in [6.07, 6.45) is 2.29. The van der Waals surface area contributed by atoms with Gasteiger partial charge in [0, 0.05) is 29.9 Å². The van der Waals surface area contributed by atoms with E-state index in [4.69, 9.17) is 27.9 Å². The van der Waals surface area contributed by atoms with Crippen molar-refractivity contribution in [3.05, 3.63) is 88.3 Å². The summed E-state index contributed by atoms with van der Waals surface area (Å²) in [5.74, 6) is 0.0657. The van der Waals surface area contributed by atoms with Crippen LogP contribution in [0, 0.1) is 0 Å². The van der Waals surface area contributed by atoms with Crippen LogP contribution in [0.4, 0.5) is 0 Å². The van der Waals surface area contributed by atoms with Crippen molar-refractivity contribution in [3.8, 4) is 5.88 Å². The number of carbonyl (C=O) groups is 1. The first-order valence-electron chi connectivity index (χ1n) is 10.0. The summed E-state index contributed by atoms with van der Waals surface area (Å²) in [7, 11) is 0. The molecule has 1 amide bonds. The molecule has 2 heterocycles. The highest BCUT2D eigenvalue weighted by Crippen LogP contribution is 2.26. The molecule has 162 valence electrons. The smallest absolute Gasteiger partial charge is 0.263 e. The number of benzene rings is 1. The molecule has 0 aliphatic rings. The van der Waals surface area contributed by atoms with E-state index in [9.17, 15) is 4.79 Å². The van der Waals surface area contributed by atoms with E-state index < -0.39 is 5.60 Å². The summed E-state index contributed by atoms with van der Waals surface area (Å²) in [5, 5.41) is 4.01. The van der Waals surface area contributed by atoms with Crippen molar-refractivity contribution >= 4 is 29.1 Å². The van der Waals surface area contributed by atoms with E-state index in [1.807, 2.05) is 37.3 Å². The van der Waals surface area contributed by atoms with Gasteiger partial charge in [0.2, 0.25) is 5.88 Å². The standard InChI is InChI=1S/C24H25Cl2N3O2/c1-16(28-23(30)24(2,3)31-22-11-7-10-21(26)29-22)20(17-8-5-4-6-9-17)14-19-13-12-18(25)15-27-19/h4-13,15-16,20H,14H2,1-3H3,(H,28,30)/t16-,20+/m0/s1. The van der Waals surface area contributed by atoms with Crippen LogP contribution >= 0.6 is 23.2 Å². The minimum Gasteiger partial charge on any atom is -0.461 e. The molecule has 0 saturated carbocycles. The van der Waals surface area contributed by atoms with Gasteiger partial charge in [-0.2, -0.15) is 0 Å². The zero-order valence-corrected chi connectivity index (χ0v) is 19.2. The zero-order valence-electron chi connectivity index (χ0n) is 17.7. The van der Waals surface area contributed by atoms with E-state index in [1.165, 1.54) is 0 Å². The van der Waals surface area contributed by atoms with Gasteiger partial charge in [0.15, 0.2) is 5.60 Å². The molecule has 0 bridgehead atoms. The molecule has 0 aliphatic heterocycles. The number of carbonyl (C=O) groups excluding carboxylic acids is 1. The average Bonchev–Trinajstić information content (AvgIpc) is 2.73. The fourth-order valence-electron chi connectivity index (χ4n) is 3.27. The van der Waals surface area contributed by atoms with Crippen LogP contribution in [0.15, 0.2) is 66.9 Å². The predicted octanol–water partition coefficient (Wildman–Crippen LogP) is 5.47. The molecule has 0 radical (unpaired) electrons. The molecule has 2 atom stereocenters. The van der Waals surface area contributed by atoms with Crippen LogP contribution in [0.1, 0.15) is 37.9 Å². The van der Waals surface area contributed by atoms with Gasteiger partial charge in [0.1, 0.15) is 5.15 Å². The van der Waals surface area contributed by atoms with Gasteiger partial charge < -0.3 is 10.1 Å². The van der Waals surface area contributed by atoms with Crippen LogP contribution in [0.5, 0.6) is 5.88 Å². The topological polar surface area (TPSA) is 64.1 Å². The van der Waals surface area contributed by atoms with Gasteiger partial charge in [0.05, 0.1) is 5.02 Å². The van der Waals surface area contributed by atoms with Crippen LogP contribution < -0.4 is 10.1 Å². The Balaban J connectivity index is 1.76. The van der Waals surface area contributed by atoms with Crippen molar-refractivity contribution in [2.45, 2.75) is 44.8 Å². The van der Waals surface area contributed by atoms with Gasteiger partial charge in [-0.15, -0.1) is 0 Å². The molecular formula is C24H25Cl2N3O2. The number of amides is 1. The second kappa shape index (κ2) is 10.1. The summed E-state index contributed by atoms with van der Waals surface area (Å²) in [5.41, 5.74) is 0.881. The third-order valence-corrected chi connectivity index (χ3v) is 5.44. The highest BCUT2D eigenvalue weighted by Gasteiger charge is 2.33. The molecule has 0 aliphatic carbocycles. The Kier molecular flexibility index (Phi) is 7.52. The maximum atomic E-state index is 13.1. The molecule has 5 nitrogen and oxygen atoms in total. The van der Waals surface area contributed by atoms with Crippen molar-refractivity contribution < 1.29 is 9.53 Å². The Morgan fingerprint density at radius 3 is 2.45 bits per heavy atom. The quantitative estimate of drug-likeness (QED) is 0.455. The molecule has 1 N–H and O–H groups in total. The predicted molar refractivity (Wildman–Crippen MR) is 124 cm³/mol. The van der Waals surface area contributed by atoms with Crippen LogP contribution in [0.3, 0.4) is 0 Å². The van der Waals surface area contributed by atoms with Crippen molar-refractivity contribution in [1.82, 2.24) is 15.3 Å². The Hall–Kier alpha value is -2.63. The maximum Gasteiger partial charge on any atom is 0.263 e. The molecule has 0 unspecified atom stereocenters. The van der Waals surface area contributed by atoms with Crippen LogP contribution in [0.25, 0.3) is 0 Å². The Morgan fingerprint density at radius 2 is 1.81 bits per heavy atom. The molecule has 0 saturated heterocycles. The van der Waals surface area contributed by atoms with Crippen molar-refractivity contribution in [1.29, 1.82) is 0 Å². The minimum atomic E-state index is -1.13. The monoisotopic (exact) mass is 457 g/mol. The SMILES string of the molecule is C[C@H](NC(=O)C(C)(C)Oc1cccc(Cl)n1)[C@@H](Cc1ccc(Cl)cn1)c1ccccc1. The molecule has 0 fully saturated rings. The average molecular weight is 458 g/mol. The first kappa shape index (κ1) is 23.0. The normalized spacial score (nSPS) is 13.3. The number of nitrogens with one attached hydrogen (secondary N) is 1. The lowest BCUT2D eigenvalue weighted by molar-refractivity contribution is -0.135. The lowest BCUT2D eigenvalue weighted by Crippen LogP contribution is -2.51. The van der Waals surface area contributed by atoms with E-state index in [2.05, 4.69) is 27.4 Å². The summed E-state index contributed by atoms with van der Waals surface area (Å²) in [4.78, 5) is 21.6. The van der Waals surface area contributed by atoms with Gasteiger partial charge in [-0.3, -0.25) is 9.78 Å². The minimum absolute atomic E-state index is 0.0129. The zero-order chi connectivity index (χ0) is 22.4. The van der Waals surface area contributed by atoms with Gasteiger partial charge in [-0.1, -0.05) is 59.6 Å². The number of hydrogen-bond acceptors (Lipinski definition) is 4. The molecule has 7 heteroatoms. The lowest BCUT2D eigenvalue weighted by Gasteiger charge is -2.30. The highest BCUT2D eigenvalue weighted by molar-refractivity contribution is 6.30. The fraction of sp³-hybridized carbons (Fsp3) is 0.292. The van der Waals surface area contributed by atoms with E-state index in [1.54, 1.807) is 38.2 Å². The second-order valence-corrected chi connectivity index (χ2v) is 8.69. The number of rotatable bonds is 8. The molecule has 31 heavy (non-hydrogen) atoms. The molecule has 3 rings (SSSR count). The van der Waals surface area contributed by atoms with Crippen LogP contribution in [-0.2, 0) is 11.2 Å². The maximum absolute atomic E-state index is 13.1. The third-order valence-electron chi connectivity index (χ3n) is 5.00. The lowest BCUT2D eigenvalue weighted by atomic mass is 9.87. The van der Waals surface area contributed by atoms with Gasteiger partial charge in [0.25, 0.3) is 5.91 Å². The number of nitrogens with zero attached hydrogens (tertiary/aromatic N) is 2. The molecular weight excluding hydrogens is 433 g/mol. The fourth-order valence-corrected chi connectivity index (χ4v) is 3.54. The molecule has 1 aromatic carbocycles. The summed E-state index contributed by atoms with van der Waals surface area (Å²) >= 11 is 11.9. The van der Waals surface area contributed by atoms with Crippen LogP contribution in [-0.4, -0.2) is 27.5 Å². The number of halogens is 2. The molecule has 0 spiro atoms. The van der Waals surface area contributed by atoms with E-state index in [0.717, 1.165) is 11.3 Å². The van der Waals surface area contributed by atoms with Crippen LogP contribution in [0.2, 0.25) is 10.2 Å². The first-order chi connectivity index (χ1) is 14.7. The Bertz CT molecular complexity index is 1010. The van der Waals surface area contributed by atoms with E-state index in [-0.39, 0.29) is 17.9 Å². The van der Waals surface area contributed by atoms with E-state index in [0.29, 0.717) is 22.5 Å². The van der Waals surface area contributed by atoms with Crippen molar-refractivity contribution in [2.24, 2.45) is 0 Å². The summed E-state index contributed by atoms with van der Waals surface area (Å²) in [6, 6.07) is 18.7. The Labute approximate surface area is 192 Å². The van der Waals surface area contributed by atoms with Gasteiger partial charge in [-0.05, 0) is 51.0 Å². The number of pyridine rings is 2. The van der Waals surface area contributed by atoms with E-state index >= 15 is 0 Å².